The highest BCUT2D eigenvalue weighted by Gasteiger charge is 2.21. The summed E-state index contributed by atoms with van der Waals surface area (Å²) in [6, 6.07) is 3.71. The molecule has 0 radical (unpaired) electrons. The fraction of sp³-hybridized carbons (Fsp3) is 0.250. The first-order valence-corrected chi connectivity index (χ1v) is 8.15. The molecule has 0 aliphatic carbocycles. The number of aromatic nitrogens is 1. The number of carbonyl (C=O) groups is 1. The molecule has 0 spiro atoms. The van der Waals surface area contributed by atoms with Crippen LogP contribution in [-0.2, 0) is 4.74 Å². The topological polar surface area (TPSA) is 152 Å². The minimum atomic E-state index is -0.736. The lowest BCUT2D eigenvalue weighted by Crippen LogP contribution is -2.08. The molecule has 26 heavy (non-hydrogen) atoms. The number of nitriles is 2. The number of hydrogen-bond acceptors (Lipinski definition) is 9. The summed E-state index contributed by atoms with van der Waals surface area (Å²) in [7, 11) is 0. The van der Waals surface area contributed by atoms with E-state index in [2.05, 4.69) is 15.2 Å². The smallest absolute Gasteiger partial charge is 0.348 e. The largest absolute Gasteiger partial charge is 0.494 e. The number of rotatable bonds is 4. The highest BCUT2D eigenvalue weighted by atomic mass is 32.1. The van der Waals surface area contributed by atoms with Crippen molar-refractivity contribution in [3.8, 4) is 18.0 Å². The molecule has 0 saturated heterocycles. The minimum absolute atomic E-state index is 0.131. The lowest BCUT2D eigenvalue weighted by Gasteiger charge is -2.02. The molecule has 0 aromatic carbocycles. The Morgan fingerprint density at radius 2 is 1.88 bits per heavy atom. The van der Waals surface area contributed by atoms with E-state index in [1.165, 1.54) is 6.92 Å². The molecule has 0 amide bonds. The van der Waals surface area contributed by atoms with Crippen LogP contribution >= 0.6 is 11.3 Å². The molecule has 2 rings (SSSR count). The normalized spacial score (nSPS) is 10.5. The maximum Gasteiger partial charge on any atom is 0.348 e. The Labute approximate surface area is 151 Å². The van der Waals surface area contributed by atoms with Gasteiger partial charge in [-0.25, -0.2) is 4.79 Å². The summed E-state index contributed by atoms with van der Waals surface area (Å²) in [6.07, 6.45) is 0. The van der Waals surface area contributed by atoms with Crippen molar-refractivity contribution in [2.24, 2.45) is 10.2 Å². The maximum absolute atomic E-state index is 12.0. The number of hydrogen-bond donors (Lipinski definition) is 2. The molecular formula is C16H13N5O4S. The lowest BCUT2D eigenvalue weighted by atomic mass is 10.1. The zero-order chi connectivity index (χ0) is 19.4. The van der Waals surface area contributed by atoms with Crippen LogP contribution in [0.2, 0.25) is 0 Å². The third kappa shape index (κ3) is 3.31. The van der Waals surface area contributed by atoms with Crippen molar-refractivity contribution in [2.75, 3.05) is 6.61 Å². The van der Waals surface area contributed by atoms with Gasteiger partial charge in [-0.3, -0.25) is 9.78 Å². The highest BCUT2D eigenvalue weighted by Crippen LogP contribution is 2.36. The molecule has 2 heterocycles. The van der Waals surface area contributed by atoms with Crippen molar-refractivity contribution in [3.05, 3.63) is 37.5 Å². The fourth-order valence-electron chi connectivity index (χ4n) is 2.14. The third-order valence-electron chi connectivity index (χ3n) is 3.47. The number of azo groups is 1. The number of H-pyrrole nitrogens is 1. The number of aromatic hydroxyl groups is 1. The molecule has 0 aliphatic rings. The molecule has 2 aromatic heterocycles. The van der Waals surface area contributed by atoms with Gasteiger partial charge in [0.25, 0.3) is 5.56 Å². The van der Waals surface area contributed by atoms with E-state index in [9.17, 15) is 20.0 Å². The number of aromatic amines is 1. The van der Waals surface area contributed by atoms with Crippen LogP contribution in [0, 0.1) is 36.5 Å². The van der Waals surface area contributed by atoms with E-state index in [0.29, 0.717) is 5.56 Å². The minimum Gasteiger partial charge on any atom is -0.494 e. The standard InChI is InChI=1S/C16H13N5O4S/c1-4-25-16(24)12-8(3)10(6-18)15(26-12)21-20-11-7(2)9(5-17)13(22)19-14(11)23/h4H2,1-3H3,(H2,19,22,23). The molecule has 0 bridgehead atoms. The highest BCUT2D eigenvalue weighted by molar-refractivity contribution is 7.18. The van der Waals surface area contributed by atoms with Gasteiger partial charge in [-0.15, -0.1) is 21.6 Å². The van der Waals surface area contributed by atoms with Crippen LogP contribution in [-0.4, -0.2) is 22.7 Å². The first-order valence-electron chi connectivity index (χ1n) is 7.33. The SMILES string of the molecule is CCOC(=O)c1sc(N=Nc2c(C)c(C#N)c(O)[nH]c2=O)c(C#N)c1C. The Morgan fingerprint density at radius 3 is 2.46 bits per heavy atom. The van der Waals surface area contributed by atoms with Crippen LogP contribution in [0.4, 0.5) is 10.7 Å². The summed E-state index contributed by atoms with van der Waals surface area (Å²) in [5, 5.41) is 35.8. The van der Waals surface area contributed by atoms with Gasteiger partial charge in [0.05, 0.1) is 12.2 Å². The van der Waals surface area contributed by atoms with Crippen LogP contribution in [0.25, 0.3) is 0 Å². The summed E-state index contributed by atoms with van der Waals surface area (Å²) in [6.45, 7) is 4.89. The van der Waals surface area contributed by atoms with Crippen LogP contribution in [0.15, 0.2) is 15.0 Å². The number of nitrogens with one attached hydrogen (secondary N) is 1. The molecule has 9 nitrogen and oxygen atoms in total. The molecule has 0 saturated carbocycles. The fourth-order valence-corrected chi connectivity index (χ4v) is 3.11. The predicted molar refractivity (Wildman–Crippen MR) is 92.1 cm³/mol. The molecule has 2 aromatic rings. The first-order chi connectivity index (χ1) is 12.3. The predicted octanol–water partition coefficient (Wildman–Crippen LogP) is 3.09. The van der Waals surface area contributed by atoms with E-state index in [0.717, 1.165) is 11.3 Å². The van der Waals surface area contributed by atoms with Gasteiger partial charge in [0.15, 0.2) is 10.7 Å². The summed E-state index contributed by atoms with van der Waals surface area (Å²) >= 11 is 0.919. The second kappa shape index (κ2) is 7.59. The Hall–Kier alpha value is -3.50. The Balaban J connectivity index is 2.55. The zero-order valence-corrected chi connectivity index (χ0v) is 14.9. The second-order valence-electron chi connectivity index (χ2n) is 5.03. The summed E-state index contributed by atoms with van der Waals surface area (Å²) in [5.74, 6) is -1.12. The van der Waals surface area contributed by atoms with Crippen molar-refractivity contribution >= 4 is 28.0 Å². The molecule has 0 fully saturated rings. The van der Waals surface area contributed by atoms with Crippen LogP contribution in [0.5, 0.6) is 5.88 Å². The summed E-state index contributed by atoms with van der Waals surface area (Å²) in [4.78, 5) is 26.2. The molecule has 0 aliphatic heterocycles. The van der Waals surface area contributed by atoms with Crippen molar-refractivity contribution in [3.63, 3.8) is 0 Å². The van der Waals surface area contributed by atoms with Crippen molar-refractivity contribution in [1.29, 1.82) is 10.5 Å². The van der Waals surface area contributed by atoms with Crippen molar-refractivity contribution in [2.45, 2.75) is 20.8 Å². The number of pyridine rings is 1. The number of ether oxygens (including phenoxy) is 1. The lowest BCUT2D eigenvalue weighted by molar-refractivity contribution is 0.0531. The summed E-state index contributed by atoms with van der Waals surface area (Å²) in [5.41, 5.74) is -0.329. The van der Waals surface area contributed by atoms with Gasteiger partial charge in [-0.1, -0.05) is 0 Å². The van der Waals surface area contributed by atoms with E-state index in [-0.39, 0.29) is 38.9 Å². The van der Waals surface area contributed by atoms with E-state index < -0.39 is 17.4 Å². The van der Waals surface area contributed by atoms with Gasteiger partial charge in [-0.2, -0.15) is 10.5 Å². The molecule has 132 valence electrons. The Morgan fingerprint density at radius 1 is 1.23 bits per heavy atom. The number of carbonyl (C=O) groups excluding carboxylic acids is 1. The number of thiophene rings is 1. The van der Waals surface area contributed by atoms with E-state index in [1.807, 2.05) is 6.07 Å². The van der Waals surface area contributed by atoms with Gasteiger partial charge in [0.2, 0.25) is 5.88 Å². The number of nitrogens with zero attached hydrogens (tertiary/aromatic N) is 4. The first kappa shape index (κ1) is 18.8. The maximum atomic E-state index is 12.0. The zero-order valence-electron chi connectivity index (χ0n) is 14.1. The van der Waals surface area contributed by atoms with Gasteiger partial charge in [0, 0.05) is 5.56 Å². The van der Waals surface area contributed by atoms with E-state index in [1.54, 1.807) is 19.9 Å². The molecule has 2 N–H and O–H groups in total. The van der Waals surface area contributed by atoms with Crippen LogP contribution in [0.3, 0.4) is 0 Å². The molecule has 0 atom stereocenters. The second-order valence-corrected chi connectivity index (χ2v) is 6.03. The van der Waals surface area contributed by atoms with Crippen LogP contribution < -0.4 is 5.56 Å². The Kier molecular flexibility index (Phi) is 5.50. The molecule has 10 heteroatoms. The number of esters is 1. The van der Waals surface area contributed by atoms with Crippen LogP contribution in [0.1, 0.15) is 38.8 Å². The van der Waals surface area contributed by atoms with E-state index in [4.69, 9.17) is 10.00 Å². The van der Waals surface area contributed by atoms with Crippen molar-refractivity contribution < 1.29 is 14.6 Å². The summed E-state index contributed by atoms with van der Waals surface area (Å²) < 4.78 is 4.94. The van der Waals surface area contributed by atoms with Gasteiger partial charge >= 0.3 is 5.97 Å². The van der Waals surface area contributed by atoms with Gasteiger partial charge < -0.3 is 9.84 Å². The molecular weight excluding hydrogens is 358 g/mol. The van der Waals surface area contributed by atoms with Crippen molar-refractivity contribution in [1.82, 2.24) is 4.98 Å². The van der Waals surface area contributed by atoms with Gasteiger partial charge in [-0.05, 0) is 26.3 Å². The van der Waals surface area contributed by atoms with E-state index >= 15 is 0 Å². The molecule has 0 unspecified atom stereocenters. The van der Waals surface area contributed by atoms with Gasteiger partial charge in [0.1, 0.15) is 22.6 Å². The Bertz CT molecular complexity index is 1050. The average molecular weight is 371 g/mol. The third-order valence-corrected chi connectivity index (χ3v) is 4.62. The average Bonchev–Trinajstić information content (AvgIpc) is 2.90. The quantitative estimate of drug-likeness (QED) is 0.622. The monoisotopic (exact) mass is 371 g/mol.